The maximum Gasteiger partial charge on any atom is 0.303 e. The highest BCUT2D eigenvalue weighted by Crippen LogP contribution is 2.20. The highest BCUT2D eigenvalue weighted by molar-refractivity contribution is 5.78. The molecule has 5 nitrogen and oxygen atoms in total. The van der Waals surface area contributed by atoms with E-state index in [0.29, 0.717) is 6.54 Å². The molecule has 0 spiro atoms. The fourth-order valence-corrected chi connectivity index (χ4v) is 2.89. The van der Waals surface area contributed by atoms with Gasteiger partial charge in [0, 0.05) is 12.5 Å². The number of nitrogens with one attached hydrogen (secondary N) is 1. The molecule has 1 aliphatic rings. The number of carboxylic acid groups (broad SMARTS) is 1. The van der Waals surface area contributed by atoms with Gasteiger partial charge in [0.1, 0.15) is 0 Å². The third-order valence-corrected chi connectivity index (χ3v) is 4.19. The molecule has 1 fully saturated rings. The molecule has 1 unspecified atom stereocenters. The Morgan fingerprint density at radius 2 is 1.95 bits per heavy atom. The number of rotatable bonds is 9. The molecule has 0 aromatic carbocycles. The molecule has 0 aromatic heterocycles. The van der Waals surface area contributed by atoms with Crippen molar-refractivity contribution in [2.24, 2.45) is 5.92 Å². The molecule has 21 heavy (non-hydrogen) atoms. The van der Waals surface area contributed by atoms with Gasteiger partial charge in [-0.15, -0.1) is 0 Å². The van der Waals surface area contributed by atoms with Gasteiger partial charge in [-0.05, 0) is 45.2 Å². The fourth-order valence-electron chi connectivity index (χ4n) is 2.89. The average molecular weight is 298 g/mol. The quantitative estimate of drug-likeness (QED) is 0.641. The van der Waals surface area contributed by atoms with Crippen LogP contribution in [0.5, 0.6) is 0 Å². The molecule has 1 atom stereocenters. The second-order valence-corrected chi connectivity index (χ2v) is 6.28. The lowest BCUT2D eigenvalue weighted by atomic mass is 9.94. The average Bonchev–Trinajstić information content (AvgIpc) is 2.40. The number of amides is 1. The van der Waals surface area contributed by atoms with Gasteiger partial charge in [0.2, 0.25) is 5.91 Å². The number of carbonyl (C=O) groups excluding carboxylic acids is 1. The molecule has 0 aliphatic carbocycles. The Kier molecular flexibility index (Phi) is 8.35. The number of likely N-dealkylation sites (tertiary alicyclic amines) is 1. The third kappa shape index (κ3) is 8.05. The van der Waals surface area contributed by atoms with Crippen LogP contribution in [-0.2, 0) is 9.59 Å². The second kappa shape index (κ2) is 9.77. The summed E-state index contributed by atoms with van der Waals surface area (Å²) in [5.41, 5.74) is 0. The number of nitrogens with zero attached hydrogens (tertiary/aromatic N) is 1. The van der Waals surface area contributed by atoms with Gasteiger partial charge in [-0.2, -0.15) is 0 Å². The maximum absolute atomic E-state index is 12.0. The van der Waals surface area contributed by atoms with Gasteiger partial charge < -0.3 is 10.4 Å². The van der Waals surface area contributed by atoms with E-state index in [2.05, 4.69) is 24.1 Å². The Labute approximate surface area is 128 Å². The zero-order valence-corrected chi connectivity index (χ0v) is 13.4. The second-order valence-electron chi connectivity index (χ2n) is 6.28. The minimum Gasteiger partial charge on any atom is -0.481 e. The summed E-state index contributed by atoms with van der Waals surface area (Å²) in [6.07, 6.45) is 6.65. The van der Waals surface area contributed by atoms with Gasteiger partial charge in [-0.3, -0.25) is 14.5 Å². The summed E-state index contributed by atoms with van der Waals surface area (Å²) in [7, 11) is 0. The molecule has 0 saturated carbocycles. The molecule has 1 rings (SSSR count). The van der Waals surface area contributed by atoms with E-state index in [1.807, 2.05) is 0 Å². The van der Waals surface area contributed by atoms with E-state index in [1.54, 1.807) is 0 Å². The third-order valence-electron chi connectivity index (χ3n) is 4.19. The molecule has 0 bridgehead atoms. The van der Waals surface area contributed by atoms with E-state index in [9.17, 15) is 9.59 Å². The van der Waals surface area contributed by atoms with Gasteiger partial charge in [-0.25, -0.2) is 0 Å². The first kappa shape index (κ1) is 18.0. The Morgan fingerprint density at radius 3 is 2.52 bits per heavy atom. The number of piperidine rings is 1. The van der Waals surface area contributed by atoms with E-state index in [1.165, 1.54) is 19.3 Å². The number of carbonyl (C=O) groups is 2. The zero-order valence-electron chi connectivity index (χ0n) is 13.4. The van der Waals surface area contributed by atoms with Crippen molar-refractivity contribution >= 4 is 11.9 Å². The minimum atomic E-state index is -0.716. The van der Waals surface area contributed by atoms with E-state index >= 15 is 0 Å². The van der Waals surface area contributed by atoms with Crippen molar-refractivity contribution in [2.75, 3.05) is 19.6 Å². The topological polar surface area (TPSA) is 69.6 Å². The van der Waals surface area contributed by atoms with Crippen LogP contribution in [-0.4, -0.2) is 47.6 Å². The standard InChI is InChI=1S/C16H30N2O3/c1-3-4-5-6-13(2)17-15(19)12-18-9-7-14(8-10-18)11-16(20)21/h13-14H,3-12H2,1-2H3,(H,17,19)(H,20,21). The highest BCUT2D eigenvalue weighted by Gasteiger charge is 2.22. The molecule has 2 N–H and O–H groups in total. The van der Waals surface area contributed by atoms with Crippen LogP contribution < -0.4 is 5.32 Å². The van der Waals surface area contributed by atoms with Gasteiger partial charge in [0.25, 0.3) is 0 Å². The van der Waals surface area contributed by atoms with Crippen LogP contribution in [0.25, 0.3) is 0 Å². The molecular weight excluding hydrogens is 268 g/mol. The number of carboxylic acids is 1. The SMILES string of the molecule is CCCCCC(C)NC(=O)CN1CCC(CC(=O)O)CC1. The van der Waals surface area contributed by atoms with Crippen molar-refractivity contribution in [1.29, 1.82) is 0 Å². The van der Waals surface area contributed by atoms with Crippen molar-refractivity contribution < 1.29 is 14.7 Å². The molecule has 1 saturated heterocycles. The summed E-state index contributed by atoms with van der Waals surface area (Å²) in [6, 6.07) is 0.244. The van der Waals surface area contributed by atoms with Crippen molar-refractivity contribution in [1.82, 2.24) is 10.2 Å². The predicted octanol–water partition coefficient (Wildman–Crippen LogP) is 2.26. The van der Waals surface area contributed by atoms with Gasteiger partial charge in [0.15, 0.2) is 0 Å². The molecule has 1 amide bonds. The first-order valence-corrected chi connectivity index (χ1v) is 8.24. The normalized spacial score (nSPS) is 18.4. The number of unbranched alkanes of at least 4 members (excludes halogenated alkanes) is 2. The Hall–Kier alpha value is -1.10. The van der Waals surface area contributed by atoms with Crippen molar-refractivity contribution in [2.45, 2.75) is 64.8 Å². The molecule has 1 heterocycles. The van der Waals surface area contributed by atoms with Crippen LogP contribution in [0.3, 0.4) is 0 Å². The molecule has 5 heteroatoms. The van der Waals surface area contributed by atoms with Crippen molar-refractivity contribution in [3.63, 3.8) is 0 Å². The first-order valence-electron chi connectivity index (χ1n) is 8.24. The monoisotopic (exact) mass is 298 g/mol. The molecule has 122 valence electrons. The maximum atomic E-state index is 12.0. The highest BCUT2D eigenvalue weighted by atomic mass is 16.4. The predicted molar refractivity (Wildman–Crippen MR) is 83.2 cm³/mol. The summed E-state index contributed by atoms with van der Waals surface area (Å²) >= 11 is 0. The number of hydrogen-bond donors (Lipinski definition) is 2. The Balaban J connectivity index is 2.16. The Bertz CT molecular complexity index is 325. The van der Waals surface area contributed by atoms with Crippen LogP contribution in [0.2, 0.25) is 0 Å². The smallest absolute Gasteiger partial charge is 0.303 e. The Morgan fingerprint density at radius 1 is 1.29 bits per heavy atom. The van der Waals surface area contributed by atoms with Gasteiger partial charge in [-0.1, -0.05) is 26.2 Å². The van der Waals surface area contributed by atoms with Gasteiger partial charge >= 0.3 is 5.97 Å². The van der Waals surface area contributed by atoms with E-state index < -0.39 is 5.97 Å². The first-order chi connectivity index (χ1) is 10.0. The number of hydrogen-bond acceptors (Lipinski definition) is 3. The van der Waals surface area contributed by atoms with Crippen LogP contribution in [0, 0.1) is 5.92 Å². The van der Waals surface area contributed by atoms with Crippen molar-refractivity contribution in [3.05, 3.63) is 0 Å². The van der Waals surface area contributed by atoms with Gasteiger partial charge in [0.05, 0.1) is 6.54 Å². The summed E-state index contributed by atoms with van der Waals surface area (Å²) in [5.74, 6) is -0.349. The lowest BCUT2D eigenvalue weighted by Gasteiger charge is -2.31. The molecule has 1 aliphatic heterocycles. The lowest BCUT2D eigenvalue weighted by molar-refractivity contribution is -0.138. The summed E-state index contributed by atoms with van der Waals surface area (Å²) in [5, 5.41) is 11.8. The number of aliphatic carboxylic acids is 1. The zero-order chi connectivity index (χ0) is 15.7. The van der Waals surface area contributed by atoms with Crippen LogP contribution in [0.15, 0.2) is 0 Å². The molecule has 0 radical (unpaired) electrons. The fraction of sp³-hybridized carbons (Fsp3) is 0.875. The van der Waals surface area contributed by atoms with Crippen LogP contribution in [0.4, 0.5) is 0 Å². The minimum absolute atomic E-state index is 0.0932. The van der Waals surface area contributed by atoms with Crippen molar-refractivity contribution in [3.8, 4) is 0 Å². The summed E-state index contributed by atoms with van der Waals surface area (Å²) in [4.78, 5) is 24.8. The largest absolute Gasteiger partial charge is 0.481 e. The van der Waals surface area contributed by atoms with E-state index in [0.717, 1.165) is 32.4 Å². The molecular formula is C16H30N2O3. The van der Waals surface area contributed by atoms with Crippen LogP contribution in [0.1, 0.15) is 58.8 Å². The molecule has 0 aromatic rings. The van der Waals surface area contributed by atoms with Crippen LogP contribution >= 0.6 is 0 Å². The van der Waals surface area contributed by atoms with E-state index in [-0.39, 0.29) is 24.3 Å². The summed E-state index contributed by atoms with van der Waals surface area (Å²) in [6.45, 7) is 6.34. The van der Waals surface area contributed by atoms with E-state index in [4.69, 9.17) is 5.11 Å². The summed E-state index contributed by atoms with van der Waals surface area (Å²) < 4.78 is 0. The lowest BCUT2D eigenvalue weighted by Crippen LogP contribution is -2.44.